The van der Waals surface area contributed by atoms with Gasteiger partial charge in [0.2, 0.25) is 0 Å². The molecule has 0 unspecified atom stereocenters. The van der Waals surface area contributed by atoms with Crippen molar-refractivity contribution in [3.8, 4) is 11.5 Å². The monoisotopic (exact) mass is 478 g/mol. The number of carbonyl (C=O) groups excluding carboxylic acids is 3. The lowest BCUT2D eigenvalue weighted by atomic mass is 10.1. The van der Waals surface area contributed by atoms with Crippen molar-refractivity contribution in [2.24, 2.45) is 0 Å². The molecule has 150 valence electrons. The zero-order valence-electron chi connectivity index (χ0n) is 15.5. The molecule has 7 nitrogen and oxygen atoms in total. The Morgan fingerprint density at radius 3 is 2.45 bits per heavy atom. The van der Waals surface area contributed by atoms with Crippen molar-refractivity contribution in [2.45, 2.75) is 6.92 Å². The number of barbiturate groups is 1. The van der Waals surface area contributed by atoms with Crippen molar-refractivity contribution in [2.75, 3.05) is 18.6 Å². The van der Waals surface area contributed by atoms with Gasteiger partial charge < -0.3 is 9.47 Å². The summed E-state index contributed by atoms with van der Waals surface area (Å²) in [6.45, 7) is 2.24. The van der Waals surface area contributed by atoms with Crippen LogP contribution in [0.1, 0.15) is 12.5 Å². The molecule has 0 saturated carbocycles. The summed E-state index contributed by atoms with van der Waals surface area (Å²) in [4.78, 5) is 38.4. The molecular weight excluding hydrogens is 464 g/mol. The fourth-order valence-electron chi connectivity index (χ4n) is 2.73. The number of benzene rings is 2. The maximum atomic E-state index is 12.9. The number of methoxy groups -OCH3 is 1. The number of hydrogen-bond acceptors (Lipinski definition) is 5. The number of carbonyl (C=O) groups is 3. The summed E-state index contributed by atoms with van der Waals surface area (Å²) in [5.41, 5.74) is 0.459. The molecule has 0 spiro atoms. The molecular formula is C20H16BrClN2O5. The molecule has 29 heavy (non-hydrogen) atoms. The van der Waals surface area contributed by atoms with Crippen molar-refractivity contribution in [1.29, 1.82) is 0 Å². The molecule has 2 aromatic rings. The number of urea groups is 1. The Labute approximate surface area is 180 Å². The summed E-state index contributed by atoms with van der Waals surface area (Å²) in [6.07, 6.45) is 1.32. The fraction of sp³-hybridized carbons (Fsp3) is 0.150. The van der Waals surface area contributed by atoms with Gasteiger partial charge in [-0.3, -0.25) is 14.9 Å². The average Bonchev–Trinajstić information content (AvgIpc) is 2.68. The Morgan fingerprint density at radius 2 is 1.83 bits per heavy atom. The number of halogens is 2. The maximum absolute atomic E-state index is 12.9. The number of hydrogen-bond donors (Lipinski definition) is 1. The van der Waals surface area contributed by atoms with Crippen LogP contribution in [0.15, 0.2) is 46.4 Å². The third-order valence-electron chi connectivity index (χ3n) is 4.07. The van der Waals surface area contributed by atoms with Crippen LogP contribution in [0.5, 0.6) is 11.5 Å². The van der Waals surface area contributed by atoms with E-state index in [2.05, 4.69) is 21.2 Å². The number of imide groups is 2. The highest BCUT2D eigenvalue weighted by atomic mass is 79.9. The lowest BCUT2D eigenvalue weighted by molar-refractivity contribution is -0.122. The van der Waals surface area contributed by atoms with E-state index in [4.69, 9.17) is 21.1 Å². The van der Waals surface area contributed by atoms with Crippen molar-refractivity contribution in [3.05, 3.63) is 57.0 Å². The number of nitrogens with zero attached hydrogens (tertiary/aromatic N) is 1. The molecule has 9 heteroatoms. The van der Waals surface area contributed by atoms with E-state index in [1.165, 1.54) is 13.2 Å². The van der Waals surface area contributed by atoms with Crippen LogP contribution in [-0.2, 0) is 9.59 Å². The first kappa shape index (κ1) is 20.9. The van der Waals surface area contributed by atoms with Crippen LogP contribution in [0.2, 0.25) is 5.02 Å². The minimum absolute atomic E-state index is 0.236. The van der Waals surface area contributed by atoms with E-state index in [1.807, 2.05) is 6.92 Å². The smallest absolute Gasteiger partial charge is 0.335 e. The van der Waals surface area contributed by atoms with Gasteiger partial charge in [-0.25, -0.2) is 9.69 Å². The number of rotatable bonds is 5. The van der Waals surface area contributed by atoms with Crippen LogP contribution in [0.3, 0.4) is 0 Å². The van der Waals surface area contributed by atoms with E-state index < -0.39 is 17.8 Å². The summed E-state index contributed by atoms with van der Waals surface area (Å²) < 4.78 is 11.5. The summed E-state index contributed by atoms with van der Waals surface area (Å²) in [5.74, 6) is -0.733. The first-order chi connectivity index (χ1) is 13.8. The van der Waals surface area contributed by atoms with Gasteiger partial charge in [-0.15, -0.1) is 0 Å². The zero-order valence-corrected chi connectivity index (χ0v) is 17.8. The third-order valence-corrected chi connectivity index (χ3v) is 4.93. The van der Waals surface area contributed by atoms with E-state index in [-0.39, 0.29) is 10.6 Å². The average molecular weight is 480 g/mol. The van der Waals surface area contributed by atoms with Gasteiger partial charge in [0, 0.05) is 10.5 Å². The third kappa shape index (κ3) is 4.28. The highest BCUT2D eigenvalue weighted by Gasteiger charge is 2.37. The van der Waals surface area contributed by atoms with Gasteiger partial charge in [0.05, 0.1) is 24.4 Å². The number of anilines is 1. The molecule has 1 saturated heterocycles. The minimum Gasteiger partial charge on any atom is -0.493 e. The Hall–Kier alpha value is -2.84. The molecule has 1 N–H and O–H groups in total. The van der Waals surface area contributed by atoms with Crippen LogP contribution in [0.25, 0.3) is 6.08 Å². The van der Waals surface area contributed by atoms with Crippen molar-refractivity contribution < 1.29 is 23.9 Å². The molecule has 1 fully saturated rings. The van der Waals surface area contributed by atoms with Crippen molar-refractivity contribution in [3.63, 3.8) is 0 Å². The first-order valence-corrected chi connectivity index (χ1v) is 9.70. The highest BCUT2D eigenvalue weighted by molar-refractivity contribution is 9.10. The van der Waals surface area contributed by atoms with E-state index >= 15 is 0 Å². The number of ether oxygens (including phenoxy) is 2. The Kier molecular flexibility index (Phi) is 6.24. The van der Waals surface area contributed by atoms with Crippen molar-refractivity contribution in [1.82, 2.24) is 5.32 Å². The predicted molar refractivity (Wildman–Crippen MR) is 112 cm³/mol. The Bertz CT molecular complexity index is 1020. The van der Waals surface area contributed by atoms with Gasteiger partial charge in [0.1, 0.15) is 5.57 Å². The second kappa shape index (κ2) is 8.67. The Balaban J connectivity index is 2.03. The maximum Gasteiger partial charge on any atom is 0.335 e. The van der Waals surface area contributed by atoms with Crippen LogP contribution in [0, 0.1) is 0 Å². The predicted octanol–water partition coefficient (Wildman–Crippen LogP) is 4.18. The molecule has 3 rings (SSSR count). The highest BCUT2D eigenvalue weighted by Crippen LogP contribution is 2.35. The first-order valence-electron chi connectivity index (χ1n) is 8.53. The van der Waals surface area contributed by atoms with Crippen molar-refractivity contribution >= 4 is 57.1 Å². The van der Waals surface area contributed by atoms with E-state index in [0.29, 0.717) is 29.4 Å². The van der Waals surface area contributed by atoms with Gasteiger partial charge in [-0.1, -0.05) is 27.5 Å². The number of amides is 4. The summed E-state index contributed by atoms with van der Waals surface area (Å²) in [7, 11) is 1.47. The molecule has 1 heterocycles. The summed E-state index contributed by atoms with van der Waals surface area (Å²) in [6, 6.07) is 8.81. The molecule has 1 aliphatic rings. The summed E-state index contributed by atoms with van der Waals surface area (Å²) >= 11 is 9.60. The van der Waals surface area contributed by atoms with Gasteiger partial charge in [0.25, 0.3) is 11.8 Å². The molecule has 0 atom stereocenters. The van der Waals surface area contributed by atoms with E-state index in [0.717, 1.165) is 9.37 Å². The van der Waals surface area contributed by atoms with Gasteiger partial charge in [-0.05, 0) is 48.9 Å². The lowest BCUT2D eigenvalue weighted by Crippen LogP contribution is -2.54. The van der Waals surface area contributed by atoms with Gasteiger partial charge in [-0.2, -0.15) is 0 Å². The van der Waals surface area contributed by atoms with Crippen LogP contribution in [-0.4, -0.2) is 31.6 Å². The van der Waals surface area contributed by atoms with E-state index in [1.54, 1.807) is 36.4 Å². The molecule has 0 aromatic heterocycles. The fourth-order valence-corrected chi connectivity index (χ4v) is 3.20. The molecule has 0 aliphatic carbocycles. The van der Waals surface area contributed by atoms with Gasteiger partial charge >= 0.3 is 6.03 Å². The normalized spacial score (nSPS) is 15.5. The number of nitrogens with one attached hydrogen (secondary N) is 1. The molecule has 0 bridgehead atoms. The standard InChI is InChI=1S/C20H16BrClN2O5/c1-3-29-17-10-15(22)11(9-16(17)28-2)8-14-18(25)23-20(27)24(19(14)26)13-6-4-12(21)5-7-13/h4-10H,3H2,1-2H3,(H,23,25,27)/b14-8+. The minimum atomic E-state index is -0.824. The summed E-state index contributed by atoms with van der Waals surface area (Å²) in [5, 5.41) is 2.43. The van der Waals surface area contributed by atoms with Crippen LogP contribution < -0.4 is 19.7 Å². The molecule has 1 aliphatic heterocycles. The van der Waals surface area contributed by atoms with Gasteiger partial charge in [0.15, 0.2) is 11.5 Å². The molecule has 4 amide bonds. The van der Waals surface area contributed by atoms with Crippen LogP contribution >= 0.6 is 27.5 Å². The van der Waals surface area contributed by atoms with E-state index in [9.17, 15) is 14.4 Å². The SMILES string of the molecule is CCOc1cc(Cl)c(/C=C2\C(=O)NC(=O)N(c3ccc(Br)cc3)C2=O)cc1OC. The zero-order chi connectivity index (χ0) is 21.1. The lowest BCUT2D eigenvalue weighted by Gasteiger charge is -2.26. The quantitative estimate of drug-likeness (QED) is 0.514. The largest absolute Gasteiger partial charge is 0.493 e. The Morgan fingerprint density at radius 1 is 1.14 bits per heavy atom. The second-order valence-corrected chi connectivity index (χ2v) is 7.21. The molecule has 0 radical (unpaired) electrons. The second-order valence-electron chi connectivity index (χ2n) is 5.89. The molecule has 2 aromatic carbocycles. The topological polar surface area (TPSA) is 84.9 Å². The van der Waals surface area contributed by atoms with Crippen LogP contribution in [0.4, 0.5) is 10.5 Å².